The largest absolute Gasteiger partial charge is 0.325 e. The van der Waals surface area contributed by atoms with Crippen molar-refractivity contribution >= 4 is 23.8 Å². The summed E-state index contributed by atoms with van der Waals surface area (Å²) < 4.78 is 0. The summed E-state index contributed by atoms with van der Waals surface area (Å²) in [5.41, 5.74) is 5.97. The van der Waals surface area contributed by atoms with Crippen LogP contribution in [0.3, 0.4) is 0 Å². The summed E-state index contributed by atoms with van der Waals surface area (Å²) in [6.45, 7) is 5.24. The van der Waals surface area contributed by atoms with Gasteiger partial charge in [-0.1, -0.05) is 37.5 Å². The monoisotopic (exact) mass is 386 g/mol. The summed E-state index contributed by atoms with van der Waals surface area (Å²) in [6.07, 6.45) is 3.33. The van der Waals surface area contributed by atoms with Crippen LogP contribution in [0.2, 0.25) is 0 Å². The number of hydrazine groups is 1. The van der Waals surface area contributed by atoms with Crippen LogP contribution in [0.4, 0.5) is 4.79 Å². The minimum Gasteiger partial charge on any atom is -0.323 e. The van der Waals surface area contributed by atoms with Gasteiger partial charge in [-0.05, 0) is 44.2 Å². The molecule has 1 saturated heterocycles. The summed E-state index contributed by atoms with van der Waals surface area (Å²) in [6, 6.07) is 4.79. The number of carbonyl (C=O) groups is 4. The van der Waals surface area contributed by atoms with Crippen LogP contribution in [0.5, 0.6) is 0 Å². The Morgan fingerprint density at radius 3 is 2.64 bits per heavy atom. The van der Waals surface area contributed by atoms with E-state index in [4.69, 9.17) is 0 Å². The first-order chi connectivity index (χ1) is 13.2. The lowest BCUT2D eigenvalue weighted by atomic mass is 9.73. The van der Waals surface area contributed by atoms with Gasteiger partial charge in [0.15, 0.2) is 0 Å². The molecular weight excluding hydrogens is 360 g/mol. The van der Waals surface area contributed by atoms with Crippen LogP contribution >= 0.6 is 0 Å². The van der Waals surface area contributed by atoms with Crippen LogP contribution in [0.25, 0.3) is 0 Å². The molecule has 1 aromatic carbocycles. The highest BCUT2D eigenvalue weighted by atomic mass is 16.2. The van der Waals surface area contributed by atoms with Crippen LogP contribution < -0.4 is 16.2 Å². The van der Waals surface area contributed by atoms with Gasteiger partial charge in [0.2, 0.25) is 0 Å². The zero-order valence-corrected chi connectivity index (χ0v) is 16.4. The average molecular weight is 386 g/mol. The minimum atomic E-state index is -0.905. The lowest BCUT2D eigenvalue weighted by molar-refractivity contribution is -0.137. The zero-order valence-electron chi connectivity index (χ0n) is 16.4. The number of hydrogen-bond donors (Lipinski definition) is 3. The number of aryl methyl sites for hydroxylation is 2. The molecule has 8 heteroatoms. The molecule has 1 aliphatic heterocycles. The molecule has 1 heterocycles. The van der Waals surface area contributed by atoms with Crippen molar-refractivity contribution in [3.8, 4) is 0 Å². The third-order valence-corrected chi connectivity index (χ3v) is 5.75. The Bertz CT molecular complexity index is 837. The first-order valence-electron chi connectivity index (χ1n) is 9.55. The van der Waals surface area contributed by atoms with Crippen molar-refractivity contribution in [1.29, 1.82) is 0 Å². The molecule has 5 amide bonds. The normalized spacial score (nSPS) is 24.2. The van der Waals surface area contributed by atoms with E-state index in [1.54, 1.807) is 6.07 Å². The second-order valence-electron chi connectivity index (χ2n) is 7.76. The smallest absolute Gasteiger partial charge is 0.323 e. The molecule has 1 spiro atoms. The first kappa shape index (κ1) is 19.9. The van der Waals surface area contributed by atoms with Gasteiger partial charge >= 0.3 is 6.03 Å². The molecule has 0 bridgehead atoms. The number of rotatable bonds is 3. The Morgan fingerprint density at radius 1 is 1.21 bits per heavy atom. The number of benzene rings is 1. The van der Waals surface area contributed by atoms with E-state index in [0.29, 0.717) is 12.0 Å². The van der Waals surface area contributed by atoms with Gasteiger partial charge in [-0.15, -0.1) is 0 Å². The quantitative estimate of drug-likeness (QED) is 0.541. The van der Waals surface area contributed by atoms with Crippen LogP contribution in [0.1, 0.15) is 54.1 Å². The summed E-state index contributed by atoms with van der Waals surface area (Å²) in [7, 11) is 0. The highest BCUT2D eigenvalue weighted by molar-refractivity contribution is 6.09. The van der Waals surface area contributed by atoms with Crippen molar-refractivity contribution in [2.24, 2.45) is 5.92 Å². The fourth-order valence-electron chi connectivity index (χ4n) is 4.08. The molecule has 1 aromatic rings. The van der Waals surface area contributed by atoms with Crippen molar-refractivity contribution in [2.75, 3.05) is 6.54 Å². The van der Waals surface area contributed by atoms with Crippen LogP contribution in [0.15, 0.2) is 18.2 Å². The molecule has 28 heavy (non-hydrogen) atoms. The second-order valence-corrected chi connectivity index (χ2v) is 7.76. The van der Waals surface area contributed by atoms with Gasteiger partial charge in [-0.2, -0.15) is 0 Å². The minimum absolute atomic E-state index is 0.0231. The number of amides is 5. The first-order valence-corrected chi connectivity index (χ1v) is 9.55. The van der Waals surface area contributed by atoms with E-state index < -0.39 is 29.9 Å². The Balaban J connectivity index is 1.59. The number of nitrogens with zero attached hydrogens (tertiary/aromatic N) is 1. The molecular formula is C20H26N4O4. The number of hydrogen-bond acceptors (Lipinski definition) is 4. The summed E-state index contributed by atoms with van der Waals surface area (Å²) in [5.74, 6) is -1.43. The van der Waals surface area contributed by atoms with Crippen LogP contribution in [0, 0.1) is 19.8 Å². The summed E-state index contributed by atoms with van der Waals surface area (Å²) >= 11 is 0. The van der Waals surface area contributed by atoms with Gasteiger partial charge in [0, 0.05) is 5.56 Å². The molecule has 1 aliphatic carbocycles. The van der Waals surface area contributed by atoms with Crippen LogP contribution in [-0.2, 0) is 9.59 Å². The molecule has 3 rings (SSSR count). The maximum atomic E-state index is 12.9. The molecule has 2 atom stereocenters. The fraction of sp³-hybridized carbons (Fsp3) is 0.500. The van der Waals surface area contributed by atoms with Crippen LogP contribution in [-0.4, -0.2) is 40.7 Å². The van der Waals surface area contributed by atoms with Crippen molar-refractivity contribution in [3.05, 3.63) is 34.9 Å². The number of imide groups is 1. The maximum Gasteiger partial charge on any atom is 0.325 e. The highest BCUT2D eigenvalue weighted by Crippen LogP contribution is 2.38. The third kappa shape index (κ3) is 3.58. The predicted molar refractivity (Wildman–Crippen MR) is 102 cm³/mol. The molecule has 0 aromatic heterocycles. The molecule has 2 aliphatic rings. The fourth-order valence-corrected chi connectivity index (χ4v) is 4.08. The Hall–Kier alpha value is -2.90. The standard InChI is InChI=1S/C20H26N4O4/c1-12-7-8-15(13(2)10-12)17(26)23-22-16(25)11-24-18(27)20(21-19(24)28)9-5-4-6-14(20)3/h7-8,10,14H,4-6,9,11H2,1-3H3,(H,21,28)(H,22,25)(H,23,26)/t14-,20-/m1/s1. The Kier molecular flexibility index (Phi) is 5.40. The molecule has 150 valence electrons. The van der Waals surface area contributed by atoms with E-state index in [1.807, 2.05) is 32.9 Å². The number of nitrogens with one attached hydrogen (secondary N) is 3. The number of carbonyl (C=O) groups excluding carboxylic acids is 4. The van der Waals surface area contributed by atoms with E-state index in [2.05, 4.69) is 16.2 Å². The summed E-state index contributed by atoms with van der Waals surface area (Å²) in [5, 5.41) is 2.80. The third-order valence-electron chi connectivity index (χ3n) is 5.75. The van der Waals surface area contributed by atoms with E-state index in [9.17, 15) is 19.2 Å². The second kappa shape index (κ2) is 7.61. The Morgan fingerprint density at radius 2 is 1.96 bits per heavy atom. The zero-order chi connectivity index (χ0) is 20.5. The predicted octanol–water partition coefficient (Wildman–Crippen LogP) is 1.57. The molecule has 8 nitrogen and oxygen atoms in total. The number of urea groups is 1. The summed E-state index contributed by atoms with van der Waals surface area (Å²) in [4.78, 5) is 50.5. The van der Waals surface area contributed by atoms with Gasteiger partial charge in [-0.3, -0.25) is 30.1 Å². The van der Waals surface area contributed by atoms with Gasteiger partial charge < -0.3 is 5.32 Å². The highest BCUT2D eigenvalue weighted by Gasteiger charge is 2.55. The Labute approximate surface area is 164 Å². The molecule has 0 radical (unpaired) electrons. The molecule has 2 fully saturated rings. The van der Waals surface area contributed by atoms with Crippen molar-refractivity contribution in [2.45, 2.75) is 52.0 Å². The lowest BCUT2D eigenvalue weighted by Gasteiger charge is -2.36. The lowest BCUT2D eigenvalue weighted by Crippen LogP contribution is -2.54. The molecule has 1 saturated carbocycles. The van der Waals surface area contributed by atoms with Gasteiger partial charge in [0.25, 0.3) is 17.7 Å². The molecule has 0 unspecified atom stereocenters. The SMILES string of the molecule is Cc1ccc(C(=O)NNC(=O)CN2C(=O)N[C@@]3(CCCC[C@H]3C)C2=O)c(C)c1. The van der Waals surface area contributed by atoms with Gasteiger partial charge in [0.05, 0.1) is 0 Å². The van der Waals surface area contributed by atoms with E-state index in [0.717, 1.165) is 35.3 Å². The molecule has 3 N–H and O–H groups in total. The van der Waals surface area contributed by atoms with E-state index in [-0.39, 0.29) is 11.8 Å². The van der Waals surface area contributed by atoms with E-state index in [1.165, 1.54) is 0 Å². The van der Waals surface area contributed by atoms with Gasteiger partial charge in [0.1, 0.15) is 12.1 Å². The van der Waals surface area contributed by atoms with E-state index >= 15 is 0 Å². The average Bonchev–Trinajstić information content (AvgIpc) is 2.87. The van der Waals surface area contributed by atoms with Gasteiger partial charge in [-0.25, -0.2) is 4.79 Å². The van der Waals surface area contributed by atoms with Crippen molar-refractivity contribution < 1.29 is 19.2 Å². The maximum absolute atomic E-state index is 12.9. The van der Waals surface area contributed by atoms with Crippen molar-refractivity contribution in [3.63, 3.8) is 0 Å². The van der Waals surface area contributed by atoms with Crippen molar-refractivity contribution in [1.82, 2.24) is 21.1 Å². The topological polar surface area (TPSA) is 108 Å².